The van der Waals surface area contributed by atoms with Crippen molar-refractivity contribution in [2.45, 2.75) is 20.3 Å². The highest BCUT2D eigenvalue weighted by Crippen LogP contribution is 2.15. The van der Waals surface area contributed by atoms with Gasteiger partial charge in [0.25, 0.3) is 5.56 Å². The molecule has 0 aliphatic rings. The van der Waals surface area contributed by atoms with Crippen LogP contribution >= 0.6 is 0 Å². The van der Waals surface area contributed by atoms with E-state index >= 15 is 0 Å². The number of rotatable bonds is 3. The molecule has 2 rings (SSSR count). The van der Waals surface area contributed by atoms with E-state index in [1.807, 2.05) is 26.0 Å². The number of carbonyl (C=O) groups is 1. The second kappa shape index (κ2) is 5.10. The van der Waals surface area contributed by atoms with E-state index in [-0.39, 0.29) is 17.0 Å². The van der Waals surface area contributed by atoms with Gasteiger partial charge in [-0.1, -0.05) is 36.8 Å². The van der Waals surface area contributed by atoms with Crippen molar-refractivity contribution in [3.63, 3.8) is 0 Å². The number of pyridine rings is 1. The average molecular weight is 256 g/mol. The van der Waals surface area contributed by atoms with Crippen LogP contribution in [-0.2, 0) is 6.42 Å². The third-order valence-corrected chi connectivity index (χ3v) is 3.06. The van der Waals surface area contributed by atoms with Gasteiger partial charge in [0.2, 0.25) is 0 Å². The van der Waals surface area contributed by atoms with E-state index in [0.717, 1.165) is 5.56 Å². The number of hydrogen-bond acceptors (Lipinski definition) is 3. The molecule has 0 atom stereocenters. The van der Waals surface area contributed by atoms with Crippen molar-refractivity contribution in [2.24, 2.45) is 0 Å². The molecule has 4 heteroatoms. The number of nitrogens with one attached hydrogen (secondary N) is 1. The maximum Gasteiger partial charge on any atom is 0.271 e. The Kier molecular flexibility index (Phi) is 3.51. The first-order valence-electron chi connectivity index (χ1n) is 6.16. The van der Waals surface area contributed by atoms with Crippen LogP contribution in [0.25, 0.3) is 0 Å². The Balaban J connectivity index is 2.52. The molecule has 0 bridgehead atoms. The summed E-state index contributed by atoms with van der Waals surface area (Å²) in [4.78, 5) is 26.5. The highest BCUT2D eigenvalue weighted by molar-refractivity contribution is 6.10. The lowest BCUT2D eigenvalue weighted by molar-refractivity contribution is 0.103. The van der Waals surface area contributed by atoms with Crippen molar-refractivity contribution in [3.05, 3.63) is 63.1 Å². The molecule has 98 valence electrons. The molecule has 0 aliphatic heterocycles. The second-order valence-electron chi connectivity index (χ2n) is 4.49. The molecule has 19 heavy (non-hydrogen) atoms. The van der Waals surface area contributed by atoms with Gasteiger partial charge in [0.05, 0.1) is 5.69 Å². The third kappa shape index (κ3) is 2.57. The maximum atomic E-state index is 12.4. The zero-order valence-corrected chi connectivity index (χ0v) is 11.0. The lowest BCUT2D eigenvalue weighted by atomic mass is 9.99. The highest BCUT2D eigenvalue weighted by Gasteiger charge is 2.15. The zero-order chi connectivity index (χ0) is 14.0. The van der Waals surface area contributed by atoms with Gasteiger partial charge in [-0.15, -0.1) is 0 Å². The van der Waals surface area contributed by atoms with Crippen LogP contribution in [0.2, 0.25) is 0 Å². The number of carbonyl (C=O) groups excluding carboxylic acids is 1. The minimum atomic E-state index is -0.350. The second-order valence-corrected chi connectivity index (χ2v) is 4.49. The smallest absolute Gasteiger partial charge is 0.271 e. The van der Waals surface area contributed by atoms with Gasteiger partial charge < -0.3 is 10.7 Å². The van der Waals surface area contributed by atoms with E-state index in [2.05, 4.69) is 4.98 Å². The maximum absolute atomic E-state index is 12.4. The molecule has 0 amide bonds. The molecule has 2 aromatic rings. The SMILES string of the molecule is CCc1[nH]c(=O)c(N)cc1C(=O)c1ccc(C)cc1. The first kappa shape index (κ1) is 13.1. The number of ketones is 1. The highest BCUT2D eigenvalue weighted by atomic mass is 16.1. The van der Waals surface area contributed by atoms with Crippen LogP contribution in [0, 0.1) is 6.92 Å². The quantitative estimate of drug-likeness (QED) is 0.825. The number of aromatic amines is 1. The fourth-order valence-electron chi connectivity index (χ4n) is 1.93. The van der Waals surface area contributed by atoms with Gasteiger partial charge in [-0.25, -0.2) is 0 Å². The number of aryl methyl sites for hydroxylation is 2. The first-order valence-corrected chi connectivity index (χ1v) is 6.16. The monoisotopic (exact) mass is 256 g/mol. The first-order chi connectivity index (χ1) is 9.02. The summed E-state index contributed by atoms with van der Waals surface area (Å²) in [7, 11) is 0. The summed E-state index contributed by atoms with van der Waals surface area (Å²) >= 11 is 0. The molecule has 0 saturated carbocycles. The van der Waals surface area contributed by atoms with E-state index in [1.54, 1.807) is 12.1 Å². The van der Waals surface area contributed by atoms with Crippen molar-refractivity contribution in [2.75, 3.05) is 5.73 Å². The Hall–Kier alpha value is -2.36. The van der Waals surface area contributed by atoms with Gasteiger partial charge in [-0.2, -0.15) is 0 Å². The Morgan fingerprint density at radius 2 is 1.89 bits per heavy atom. The van der Waals surface area contributed by atoms with Crippen LogP contribution in [0.1, 0.15) is 34.1 Å². The van der Waals surface area contributed by atoms with Crippen molar-refractivity contribution in [1.29, 1.82) is 0 Å². The van der Waals surface area contributed by atoms with E-state index in [9.17, 15) is 9.59 Å². The Bertz CT molecular complexity index is 670. The van der Waals surface area contributed by atoms with Gasteiger partial charge in [-0.05, 0) is 19.4 Å². The fourth-order valence-corrected chi connectivity index (χ4v) is 1.93. The van der Waals surface area contributed by atoms with Gasteiger partial charge in [0.15, 0.2) is 5.78 Å². The molecule has 0 saturated heterocycles. The Morgan fingerprint density at radius 3 is 2.47 bits per heavy atom. The molecule has 0 radical (unpaired) electrons. The fraction of sp³-hybridized carbons (Fsp3) is 0.200. The predicted octanol–water partition coefficient (Wildman–Crippen LogP) is 2.06. The minimum absolute atomic E-state index is 0.0626. The summed E-state index contributed by atoms with van der Waals surface area (Å²) in [6, 6.07) is 8.78. The molecule has 0 unspecified atom stereocenters. The largest absolute Gasteiger partial charge is 0.394 e. The molecule has 4 nitrogen and oxygen atoms in total. The normalized spacial score (nSPS) is 10.4. The molecular formula is C15H16N2O2. The molecule has 3 N–H and O–H groups in total. The van der Waals surface area contributed by atoms with E-state index in [1.165, 1.54) is 6.07 Å². The number of H-pyrrole nitrogens is 1. The van der Waals surface area contributed by atoms with E-state index in [0.29, 0.717) is 23.2 Å². The van der Waals surface area contributed by atoms with Crippen LogP contribution in [0.5, 0.6) is 0 Å². The molecule has 0 fully saturated rings. The summed E-state index contributed by atoms with van der Waals surface area (Å²) in [6.07, 6.45) is 0.572. The Labute approximate surface area is 111 Å². The van der Waals surface area contributed by atoms with Crippen molar-refractivity contribution in [3.8, 4) is 0 Å². The van der Waals surface area contributed by atoms with Gasteiger partial charge in [-0.3, -0.25) is 9.59 Å². The van der Waals surface area contributed by atoms with Gasteiger partial charge >= 0.3 is 0 Å². The average Bonchev–Trinajstić information content (AvgIpc) is 2.41. The molecule has 1 aromatic heterocycles. The number of anilines is 1. The molecule has 0 spiro atoms. The number of nitrogens with two attached hydrogens (primary N) is 1. The van der Waals surface area contributed by atoms with Crippen LogP contribution in [0.15, 0.2) is 35.1 Å². The summed E-state index contributed by atoms with van der Waals surface area (Å²) in [5, 5.41) is 0. The lowest BCUT2D eigenvalue weighted by Gasteiger charge is -2.08. The summed E-state index contributed by atoms with van der Waals surface area (Å²) in [5.74, 6) is -0.125. The lowest BCUT2D eigenvalue weighted by Crippen LogP contribution is -2.18. The van der Waals surface area contributed by atoms with Crippen molar-refractivity contribution >= 4 is 11.5 Å². The standard InChI is InChI=1S/C15H16N2O2/c1-3-13-11(8-12(16)15(19)17-13)14(18)10-6-4-9(2)5-7-10/h4-8H,3,16H2,1-2H3,(H,17,19). The Morgan fingerprint density at radius 1 is 1.26 bits per heavy atom. The van der Waals surface area contributed by atoms with Crippen molar-refractivity contribution in [1.82, 2.24) is 4.98 Å². The van der Waals surface area contributed by atoms with E-state index < -0.39 is 0 Å². The van der Waals surface area contributed by atoms with Crippen LogP contribution in [0.3, 0.4) is 0 Å². The zero-order valence-electron chi connectivity index (χ0n) is 11.0. The topological polar surface area (TPSA) is 75.9 Å². The summed E-state index contributed by atoms with van der Waals surface area (Å²) in [5.41, 5.74) is 8.06. The van der Waals surface area contributed by atoms with Gasteiger partial charge in [0, 0.05) is 16.8 Å². The number of nitrogen functional groups attached to an aromatic ring is 1. The number of benzene rings is 1. The van der Waals surface area contributed by atoms with Gasteiger partial charge in [0.1, 0.15) is 0 Å². The van der Waals surface area contributed by atoms with E-state index in [4.69, 9.17) is 5.73 Å². The number of hydrogen-bond donors (Lipinski definition) is 2. The minimum Gasteiger partial charge on any atom is -0.394 e. The van der Waals surface area contributed by atoms with Crippen molar-refractivity contribution < 1.29 is 4.79 Å². The van der Waals surface area contributed by atoms with Crippen LogP contribution in [-0.4, -0.2) is 10.8 Å². The molecule has 1 heterocycles. The summed E-state index contributed by atoms with van der Waals surface area (Å²) in [6.45, 7) is 3.84. The summed E-state index contributed by atoms with van der Waals surface area (Å²) < 4.78 is 0. The van der Waals surface area contributed by atoms with Crippen LogP contribution < -0.4 is 11.3 Å². The number of aromatic nitrogens is 1. The molecule has 0 aliphatic carbocycles. The van der Waals surface area contributed by atoms with Crippen LogP contribution in [0.4, 0.5) is 5.69 Å². The predicted molar refractivity (Wildman–Crippen MR) is 75.5 cm³/mol. The third-order valence-electron chi connectivity index (χ3n) is 3.06. The molecule has 1 aromatic carbocycles. The molecular weight excluding hydrogens is 240 g/mol.